The monoisotopic (exact) mass is 226 g/mol. The number of carboxylic acids is 1. The normalized spacial score (nSPS) is 21.1. The van der Waals surface area contributed by atoms with Gasteiger partial charge < -0.3 is 14.9 Å². The predicted molar refractivity (Wildman–Crippen MR) is 60.2 cm³/mol. The van der Waals surface area contributed by atoms with Gasteiger partial charge in [0.2, 0.25) is 0 Å². The molecule has 0 aromatic carbocycles. The van der Waals surface area contributed by atoms with E-state index in [2.05, 4.69) is 6.58 Å². The molecule has 1 aliphatic rings. The lowest BCUT2D eigenvalue weighted by Crippen LogP contribution is -2.51. The van der Waals surface area contributed by atoms with E-state index in [0.29, 0.717) is 26.1 Å². The molecule has 5 nitrogen and oxygen atoms in total. The highest BCUT2D eigenvalue weighted by Crippen LogP contribution is 2.17. The first-order valence-corrected chi connectivity index (χ1v) is 5.37. The number of rotatable bonds is 5. The highest BCUT2D eigenvalue weighted by molar-refractivity contribution is 5.75. The molecule has 1 N–H and O–H groups in total. The summed E-state index contributed by atoms with van der Waals surface area (Å²) in [5.41, 5.74) is 0. The van der Waals surface area contributed by atoms with Crippen molar-refractivity contribution in [3.8, 4) is 0 Å². The second-order valence-corrected chi connectivity index (χ2v) is 4.16. The molecule has 16 heavy (non-hydrogen) atoms. The second-order valence-electron chi connectivity index (χ2n) is 4.16. The molecule has 0 radical (unpaired) electrons. The van der Waals surface area contributed by atoms with Crippen molar-refractivity contribution in [1.82, 2.24) is 9.80 Å². The van der Waals surface area contributed by atoms with Crippen LogP contribution >= 0.6 is 0 Å². The van der Waals surface area contributed by atoms with Gasteiger partial charge in [-0.25, -0.2) is 4.79 Å². The number of urea groups is 1. The third kappa shape index (κ3) is 3.25. The first-order chi connectivity index (χ1) is 7.54. The lowest BCUT2D eigenvalue weighted by molar-refractivity contribution is -0.137. The highest BCUT2D eigenvalue weighted by Gasteiger charge is 2.28. The summed E-state index contributed by atoms with van der Waals surface area (Å²) in [7, 11) is 1.74. The Morgan fingerprint density at radius 1 is 1.62 bits per heavy atom. The standard InChI is InChI=1S/C11H18N2O3/c1-3-6-13-8-9(4-5-10(14)15)7-12(2)11(13)16/h3,9H,1,4-8H2,2H3,(H,14,15). The molecule has 1 atom stereocenters. The molecule has 90 valence electrons. The summed E-state index contributed by atoms with van der Waals surface area (Å²) >= 11 is 0. The minimum atomic E-state index is -0.783. The number of hydrogen-bond donors (Lipinski definition) is 1. The first-order valence-electron chi connectivity index (χ1n) is 5.37. The predicted octanol–water partition coefficient (Wildman–Crippen LogP) is 1.02. The van der Waals surface area contributed by atoms with Crippen molar-refractivity contribution < 1.29 is 14.7 Å². The van der Waals surface area contributed by atoms with Crippen molar-refractivity contribution in [1.29, 1.82) is 0 Å². The van der Waals surface area contributed by atoms with E-state index >= 15 is 0 Å². The topological polar surface area (TPSA) is 60.9 Å². The average molecular weight is 226 g/mol. The Morgan fingerprint density at radius 3 is 2.88 bits per heavy atom. The van der Waals surface area contributed by atoms with E-state index in [4.69, 9.17) is 5.11 Å². The van der Waals surface area contributed by atoms with Gasteiger partial charge in [0, 0.05) is 33.1 Å². The third-order valence-corrected chi connectivity index (χ3v) is 2.72. The van der Waals surface area contributed by atoms with E-state index < -0.39 is 5.97 Å². The van der Waals surface area contributed by atoms with Crippen LogP contribution in [0.2, 0.25) is 0 Å². The zero-order chi connectivity index (χ0) is 12.1. The molecule has 1 fully saturated rings. The maximum Gasteiger partial charge on any atom is 0.320 e. The van der Waals surface area contributed by atoms with Crippen molar-refractivity contribution in [2.24, 2.45) is 5.92 Å². The SMILES string of the molecule is C=CCN1CC(CCC(=O)O)CN(C)C1=O. The Bertz CT molecular complexity index is 291. The van der Waals surface area contributed by atoms with Crippen LogP contribution in [-0.4, -0.2) is 53.6 Å². The van der Waals surface area contributed by atoms with Crippen LogP contribution in [-0.2, 0) is 4.79 Å². The molecule has 1 saturated heterocycles. The minimum Gasteiger partial charge on any atom is -0.481 e. The Morgan fingerprint density at radius 2 is 2.31 bits per heavy atom. The number of carbonyl (C=O) groups is 2. The van der Waals surface area contributed by atoms with Crippen LogP contribution in [0.5, 0.6) is 0 Å². The van der Waals surface area contributed by atoms with Crippen LogP contribution in [0, 0.1) is 5.92 Å². The van der Waals surface area contributed by atoms with Gasteiger partial charge in [0.25, 0.3) is 0 Å². The largest absolute Gasteiger partial charge is 0.481 e. The highest BCUT2D eigenvalue weighted by atomic mass is 16.4. The third-order valence-electron chi connectivity index (χ3n) is 2.72. The van der Waals surface area contributed by atoms with Gasteiger partial charge in [-0.05, 0) is 12.3 Å². The van der Waals surface area contributed by atoms with Gasteiger partial charge >= 0.3 is 12.0 Å². The smallest absolute Gasteiger partial charge is 0.320 e. The van der Waals surface area contributed by atoms with Crippen LogP contribution in [0.1, 0.15) is 12.8 Å². The van der Waals surface area contributed by atoms with Gasteiger partial charge in [-0.3, -0.25) is 4.79 Å². The molecular weight excluding hydrogens is 208 g/mol. The zero-order valence-electron chi connectivity index (χ0n) is 9.56. The van der Waals surface area contributed by atoms with Crippen molar-refractivity contribution in [3.63, 3.8) is 0 Å². The summed E-state index contributed by atoms with van der Waals surface area (Å²) in [5.74, 6) is -0.548. The second kappa shape index (κ2) is 5.53. The van der Waals surface area contributed by atoms with Crippen LogP contribution in [0.4, 0.5) is 4.79 Å². The maximum atomic E-state index is 11.7. The molecule has 0 aromatic rings. The number of carbonyl (C=O) groups excluding carboxylic acids is 1. The van der Waals surface area contributed by atoms with E-state index in [9.17, 15) is 9.59 Å². The number of amides is 2. The molecule has 0 spiro atoms. The van der Waals surface area contributed by atoms with Gasteiger partial charge in [0.15, 0.2) is 0 Å². The molecule has 0 aromatic heterocycles. The molecule has 0 aliphatic carbocycles. The number of carboxylic acid groups (broad SMARTS) is 1. The van der Waals surface area contributed by atoms with Gasteiger partial charge in [-0.15, -0.1) is 6.58 Å². The molecule has 1 rings (SSSR count). The molecule has 0 saturated carbocycles. The first kappa shape index (κ1) is 12.5. The molecular formula is C11H18N2O3. The molecule has 2 amide bonds. The van der Waals surface area contributed by atoms with Gasteiger partial charge in [0.05, 0.1) is 0 Å². The summed E-state index contributed by atoms with van der Waals surface area (Å²) in [6, 6.07) is -0.00789. The fourth-order valence-electron chi connectivity index (χ4n) is 1.97. The Balaban J connectivity index is 2.52. The van der Waals surface area contributed by atoms with Crippen LogP contribution in [0.3, 0.4) is 0 Å². The fourth-order valence-corrected chi connectivity index (χ4v) is 1.97. The van der Waals surface area contributed by atoms with Crippen LogP contribution < -0.4 is 0 Å². The number of aliphatic carboxylic acids is 1. The molecule has 1 heterocycles. The number of hydrogen-bond acceptors (Lipinski definition) is 2. The van der Waals surface area contributed by atoms with E-state index in [0.717, 1.165) is 0 Å². The maximum absolute atomic E-state index is 11.7. The number of nitrogens with zero attached hydrogens (tertiary/aromatic N) is 2. The fraction of sp³-hybridized carbons (Fsp3) is 0.636. The van der Waals surface area contributed by atoms with Gasteiger partial charge in [-0.1, -0.05) is 6.08 Å². The van der Waals surface area contributed by atoms with Crippen LogP contribution in [0.25, 0.3) is 0 Å². The lowest BCUT2D eigenvalue weighted by atomic mass is 10.00. The van der Waals surface area contributed by atoms with E-state index in [1.165, 1.54) is 0 Å². The summed E-state index contributed by atoms with van der Waals surface area (Å²) in [6.07, 6.45) is 2.46. The van der Waals surface area contributed by atoms with Crippen molar-refractivity contribution in [2.75, 3.05) is 26.7 Å². The Labute approximate surface area is 95.3 Å². The molecule has 0 bridgehead atoms. The average Bonchev–Trinajstić information content (AvgIpc) is 2.22. The summed E-state index contributed by atoms with van der Waals surface area (Å²) in [6.45, 7) is 5.39. The van der Waals surface area contributed by atoms with Crippen molar-refractivity contribution in [3.05, 3.63) is 12.7 Å². The zero-order valence-corrected chi connectivity index (χ0v) is 9.56. The summed E-state index contributed by atoms with van der Waals surface area (Å²) in [4.78, 5) is 25.5. The van der Waals surface area contributed by atoms with Crippen molar-refractivity contribution in [2.45, 2.75) is 12.8 Å². The van der Waals surface area contributed by atoms with Crippen molar-refractivity contribution >= 4 is 12.0 Å². The summed E-state index contributed by atoms with van der Waals surface area (Å²) < 4.78 is 0. The van der Waals surface area contributed by atoms with Gasteiger partial charge in [0.1, 0.15) is 0 Å². The molecule has 5 heteroatoms. The minimum absolute atomic E-state index is 0.00789. The van der Waals surface area contributed by atoms with Crippen LogP contribution in [0.15, 0.2) is 12.7 Å². The van der Waals surface area contributed by atoms with Gasteiger partial charge in [-0.2, -0.15) is 0 Å². The quantitative estimate of drug-likeness (QED) is 0.712. The van der Waals surface area contributed by atoms with E-state index in [1.807, 2.05) is 0 Å². The lowest BCUT2D eigenvalue weighted by Gasteiger charge is -2.37. The molecule has 1 unspecified atom stereocenters. The van der Waals surface area contributed by atoms with E-state index in [1.54, 1.807) is 22.9 Å². The summed E-state index contributed by atoms with van der Waals surface area (Å²) in [5, 5.41) is 8.62. The Hall–Kier alpha value is -1.52. The molecule has 1 aliphatic heterocycles. The Kier molecular flexibility index (Phi) is 4.34. The van der Waals surface area contributed by atoms with E-state index in [-0.39, 0.29) is 18.4 Å².